The van der Waals surface area contributed by atoms with Gasteiger partial charge in [0.2, 0.25) is 5.90 Å². The number of hydrogen-bond acceptors (Lipinski definition) is 5. The summed E-state index contributed by atoms with van der Waals surface area (Å²) in [5, 5.41) is 8.88. The number of carboxylic acid groups (broad SMARTS) is 1. The molecular formula is C18H13NO5. The first-order valence-electron chi connectivity index (χ1n) is 7.07. The van der Waals surface area contributed by atoms with Crippen molar-refractivity contribution in [3.63, 3.8) is 0 Å². The number of hydrogen-bond donors (Lipinski definition) is 1. The second-order valence-electron chi connectivity index (χ2n) is 4.99. The standard InChI is InChI=1S/C18H13NO5/c1-23-14-8-6-12(7-9-14)16-19-15(18(22)24-16)10-11-2-4-13(5-3-11)17(20)21/h2-10H,1H3,(H,20,21). The third-order valence-corrected chi connectivity index (χ3v) is 3.42. The van der Waals surface area contributed by atoms with Crippen LogP contribution in [0.1, 0.15) is 21.5 Å². The predicted molar refractivity (Wildman–Crippen MR) is 87.0 cm³/mol. The molecule has 0 bridgehead atoms. The van der Waals surface area contributed by atoms with Crippen LogP contribution in [0.2, 0.25) is 0 Å². The number of nitrogens with zero attached hydrogens (tertiary/aromatic N) is 1. The van der Waals surface area contributed by atoms with E-state index in [0.29, 0.717) is 16.9 Å². The Hall–Kier alpha value is -3.41. The van der Waals surface area contributed by atoms with Gasteiger partial charge in [-0.2, -0.15) is 0 Å². The van der Waals surface area contributed by atoms with Gasteiger partial charge in [-0.1, -0.05) is 12.1 Å². The van der Waals surface area contributed by atoms with Crippen LogP contribution >= 0.6 is 0 Å². The summed E-state index contributed by atoms with van der Waals surface area (Å²) in [6.45, 7) is 0. The Kier molecular flexibility index (Phi) is 4.11. The maximum atomic E-state index is 11.9. The van der Waals surface area contributed by atoms with Crippen molar-refractivity contribution in [2.45, 2.75) is 0 Å². The molecule has 1 heterocycles. The van der Waals surface area contributed by atoms with Crippen molar-refractivity contribution in [2.75, 3.05) is 7.11 Å². The van der Waals surface area contributed by atoms with Crippen molar-refractivity contribution in [2.24, 2.45) is 4.99 Å². The molecule has 0 saturated heterocycles. The van der Waals surface area contributed by atoms with Crippen molar-refractivity contribution >= 4 is 23.9 Å². The fraction of sp³-hybridized carbons (Fsp3) is 0.0556. The van der Waals surface area contributed by atoms with Gasteiger partial charge in [0.15, 0.2) is 5.70 Å². The fourth-order valence-corrected chi connectivity index (χ4v) is 2.15. The van der Waals surface area contributed by atoms with Gasteiger partial charge in [0.05, 0.1) is 12.7 Å². The Bertz CT molecular complexity index is 848. The van der Waals surface area contributed by atoms with E-state index in [1.165, 1.54) is 12.1 Å². The van der Waals surface area contributed by atoms with E-state index in [1.807, 2.05) is 0 Å². The largest absolute Gasteiger partial charge is 0.497 e. The first-order chi connectivity index (χ1) is 11.6. The molecule has 0 atom stereocenters. The summed E-state index contributed by atoms with van der Waals surface area (Å²) in [7, 11) is 1.57. The monoisotopic (exact) mass is 323 g/mol. The summed E-state index contributed by atoms with van der Waals surface area (Å²) in [5.74, 6) is -0.647. The zero-order chi connectivity index (χ0) is 17.1. The fourth-order valence-electron chi connectivity index (χ4n) is 2.15. The molecule has 6 nitrogen and oxygen atoms in total. The lowest BCUT2D eigenvalue weighted by Crippen LogP contribution is -2.05. The molecule has 0 radical (unpaired) electrons. The van der Waals surface area contributed by atoms with Crippen molar-refractivity contribution in [3.8, 4) is 5.75 Å². The average Bonchev–Trinajstić information content (AvgIpc) is 2.96. The van der Waals surface area contributed by atoms with Gasteiger partial charge in [0.25, 0.3) is 0 Å². The molecule has 1 N–H and O–H groups in total. The number of benzene rings is 2. The van der Waals surface area contributed by atoms with Crippen LogP contribution in [-0.2, 0) is 9.53 Å². The van der Waals surface area contributed by atoms with Crippen LogP contribution in [0.3, 0.4) is 0 Å². The molecule has 24 heavy (non-hydrogen) atoms. The summed E-state index contributed by atoms with van der Waals surface area (Å²) in [6, 6.07) is 13.1. The highest BCUT2D eigenvalue weighted by Gasteiger charge is 2.24. The SMILES string of the molecule is COc1ccc(C2=NC(=Cc3ccc(C(=O)O)cc3)C(=O)O2)cc1. The minimum atomic E-state index is -1.01. The van der Waals surface area contributed by atoms with Crippen molar-refractivity contribution < 1.29 is 24.2 Å². The second kappa shape index (κ2) is 6.37. The molecule has 0 spiro atoms. The maximum Gasteiger partial charge on any atom is 0.363 e. The molecule has 1 aliphatic rings. The van der Waals surface area contributed by atoms with E-state index in [2.05, 4.69) is 4.99 Å². The number of aromatic carboxylic acids is 1. The van der Waals surface area contributed by atoms with Crippen LogP contribution in [0.15, 0.2) is 59.2 Å². The van der Waals surface area contributed by atoms with Gasteiger partial charge in [0, 0.05) is 5.56 Å². The normalized spacial score (nSPS) is 15.1. The number of methoxy groups -OCH3 is 1. The molecule has 120 valence electrons. The van der Waals surface area contributed by atoms with Gasteiger partial charge in [-0.05, 0) is 48.0 Å². The molecule has 0 aliphatic carbocycles. The summed E-state index contributed by atoms with van der Waals surface area (Å²) in [5.41, 5.74) is 1.65. The molecule has 1 aliphatic heterocycles. The number of carboxylic acids is 1. The number of esters is 1. The Morgan fingerprint density at radius 3 is 2.38 bits per heavy atom. The highest BCUT2D eigenvalue weighted by molar-refractivity contribution is 6.12. The van der Waals surface area contributed by atoms with Gasteiger partial charge >= 0.3 is 11.9 Å². The van der Waals surface area contributed by atoms with E-state index >= 15 is 0 Å². The molecule has 0 unspecified atom stereocenters. The minimum absolute atomic E-state index is 0.156. The van der Waals surface area contributed by atoms with Crippen LogP contribution in [0, 0.1) is 0 Å². The van der Waals surface area contributed by atoms with E-state index < -0.39 is 11.9 Å². The Morgan fingerprint density at radius 2 is 1.79 bits per heavy atom. The summed E-state index contributed by atoms with van der Waals surface area (Å²) in [6.07, 6.45) is 1.55. The molecule has 0 fully saturated rings. The van der Waals surface area contributed by atoms with Gasteiger partial charge in [-0.25, -0.2) is 14.6 Å². The lowest BCUT2D eigenvalue weighted by Gasteiger charge is -2.01. The lowest BCUT2D eigenvalue weighted by atomic mass is 10.1. The predicted octanol–water partition coefficient (Wildman–Crippen LogP) is 2.74. The van der Waals surface area contributed by atoms with E-state index in [-0.39, 0.29) is 17.2 Å². The van der Waals surface area contributed by atoms with Gasteiger partial charge in [0.1, 0.15) is 5.75 Å². The van der Waals surface area contributed by atoms with Gasteiger partial charge < -0.3 is 14.6 Å². The van der Waals surface area contributed by atoms with E-state index in [0.717, 1.165) is 0 Å². The molecule has 0 aromatic heterocycles. The summed E-state index contributed by atoms with van der Waals surface area (Å²) < 4.78 is 10.3. The van der Waals surface area contributed by atoms with Crippen LogP contribution in [0.25, 0.3) is 6.08 Å². The molecule has 3 rings (SSSR count). The number of ether oxygens (including phenoxy) is 2. The lowest BCUT2D eigenvalue weighted by molar-refractivity contribution is -0.129. The Morgan fingerprint density at radius 1 is 1.12 bits per heavy atom. The molecular weight excluding hydrogens is 310 g/mol. The quantitative estimate of drug-likeness (QED) is 0.691. The van der Waals surface area contributed by atoms with E-state index in [1.54, 1.807) is 49.6 Å². The highest BCUT2D eigenvalue weighted by Crippen LogP contribution is 2.21. The van der Waals surface area contributed by atoms with Crippen LogP contribution in [0.4, 0.5) is 0 Å². The molecule has 0 amide bonds. The van der Waals surface area contributed by atoms with E-state index in [9.17, 15) is 9.59 Å². The van der Waals surface area contributed by atoms with Crippen molar-refractivity contribution in [3.05, 3.63) is 70.9 Å². The van der Waals surface area contributed by atoms with Crippen molar-refractivity contribution in [1.29, 1.82) is 0 Å². The Balaban J connectivity index is 1.86. The summed E-state index contributed by atoms with van der Waals surface area (Å²) >= 11 is 0. The molecule has 2 aromatic rings. The molecule has 2 aromatic carbocycles. The zero-order valence-electron chi connectivity index (χ0n) is 12.7. The first kappa shape index (κ1) is 15.5. The number of carbonyl (C=O) groups excluding carboxylic acids is 1. The molecule has 6 heteroatoms. The molecule has 0 saturated carbocycles. The van der Waals surface area contributed by atoms with Crippen LogP contribution in [-0.4, -0.2) is 30.1 Å². The average molecular weight is 323 g/mol. The number of cyclic esters (lactones) is 1. The highest BCUT2D eigenvalue weighted by atomic mass is 16.6. The van der Waals surface area contributed by atoms with E-state index in [4.69, 9.17) is 14.6 Å². The minimum Gasteiger partial charge on any atom is -0.497 e. The Labute approximate surface area is 137 Å². The topological polar surface area (TPSA) is 85.2 Å². The number of carbonyl (C=O) groups is 2. The number of rotatable bonds is 4. The van der Waals surface area contributed by atoms with Crippen LogP contribution < -0.4 is 4.74 Å². The zero-order valence-corrected chi connectivity index (χ0v) is 12.7. The smallest absolute Gasteiger partial charge is 0.363 e. The number of aliphatic imine (C=N–C) groups is 1. The third kappa shape index (κ3) is 3.17. The van der Waals surface area contributed by atoms with Crippen molar-refractivity contribution in [1.82, 2.24) is 0 Å². The maximum absolute atomic E-state index is 11.9. The van der Waals surface area contributed by atoms with Gasteiger partial charge in [-0.3, -0.25) is 0 Å². The van der Waals surface area contributed by atoms with Gasteiger partial charge in [-0.15, -0.1) is 0 Å². The summed E-state index contributed by atoms with van der Waals surface area (Å²) in [4.78, 5) is 27.0. The third-order valence-electron chi connectivity index (χ3n) is 3.42. The second-order valence-corrected chi connectivity index (χ2v) is 4.99. The first-order valence-corrected chi connectivity index (χ1v) is 7.07. The van der Waals surface area contributed by atoms with Crippen LogP contribution in [0.5, 0.6) is 5.75 Å².